The first kappa shape index (κ1) is 134. The summed E-state index contributed by atoms with van der Waals surface area (Å²) in [5.74, 6) is 54.0. The van der Waals surface area contributed by atoms with E-state index in [0.29, 0.717) is 355 Å². The molecule has 5 aliphatic carbocycles. The molecule has 0 saturated heterocycles. The van der Waals surface area contributed by atoms with Crippen LogP contribution in [0.15, 0.2) is 0 Å². The lowest BCUT2D eigenvalue weighted by atomic mass is 9.23. The molecule has 5 aliphatic rings. The van der Waals surface area contributed by atoms with E-state index in [4.69, 9.17) is 0 Å². The molecule has 5 fully saturated rings. The van der Waals surface area contributed by atoms with Crippen LogP contribution in [0.1, 0.15) is 483 Å². The van der Waals surface area contributed by atoms with Crippen molar-refractivity contribution in [3.63, 3.8) is 0 Å². The van der Waals surface area contributed by atoms with E-state index in [9.17, 15) is 0 Å². The van der Waals surface area contributed by atoms with Crippen molar-refractivity contribution in [1.82, 2.24) is 0 Å². The van der Waals surface area contributed by atoms with E-state index in [1.807, 2.05) is 0 Å². The molecule has 5 rings (SSSR count). The Morgan fingerprint density at radius 2 is 0.125 bits per heavy atom. The Labute approximate surface area is 914 Å². The Morgan fingerprint density at radius 3 is 0.188 bits per heavy atom. The molecule has 0 aromatic carbocycles. The summed E-state index contributed by atoms with van der Waals surface area (Å²) >= 11 is 0. The molecule has 0 nitrogen and oxygen atoms in total. The van der Waals surface area contributed by atoms with Crippen LogP contribution in [-0.2, 0) is 0 Å². The van der Waals surface area contributed by atoms with E-state index in [1.54, 1.807) is 12.8 Å². The average Bonchev–Trinajstić information content (AvgIpc) is 0.646. The summed E-state index contributed by atoms with van der Waals surface area (Å²) in [6.45, 7) is 177. The monoisotopic (exact) mass is 2010 g/mol. The van der Waals surface area contributed by atoms with Gasteiger partial charge in [0.1, 0.15) is 0 Å². The minimum Gasteiger partial charge on any atom is -0.0622 e. The Hall–Kier alpha value is 0. The quantitative estimate of drug-likeness (QED) is 0.212. The molecule has 0 N–H and O–H groups in total. The van der Waals surface area contributed by atoms with Crippen LogP contribution in [0.25, 0.3) is 0 Å². The Kier molecular flexibility index (Phi) is 52.7. The lowest BCUT2D eigenvalue weighted by molar-refractivity contribution is -0.342. The minimum absolute atomic E-state index is 0.678. The second kappa shape index (κ2) is 56.5. The van der Waals surface area contributed by atoms with Gasteiger partial charge in [0, 0.05) is 0 Å². The summed E-state index contributed by atoms with van der Waals surface area (Å²) < 4.78 is 0. The molecule has 5 saturated carbocycles. The topological polar surface area (TPSA) is 0 Å². The smallest absolute Gasteiger partial charge is 0.0315 e. The number of hydrogen-bond acceptors (Lipinski definition) is 0. The molecule has 0 heteroatoms. The summed E-state index contributed by atoms with van der Waals surface area (Å²) in [5, 5.41) is 0. The van der Waals surface area contributed by atoms with Crippen molar-refractivity contribution in [2.45, 2.75) is 483 Å². The van der Waals surface area contributed by atoms with Gasteiger partial charge in [0.2, 0.25) is 0 Å². The highest BCUT2D eigenvalue weighted by Crippen LogP contribution is 2.81. The molecule has 856 valence electrons. The molecular formula is C144H280. The van der Waals surface area contributed by atoms with Crippen LogP contribution in [0.4, 0.5) is 0 Å². The molecule has 0 heterocycles. The molecule has 74 atom stereocenters. The predicted molar refractivity (Wildman–Crippen MR) is 651 cm³/mol. The maximum atomic E-state index is 2.75. The van der Waals surface area contributed by atoms with E-state index >= 15 is 0 Å². The number of fused-ring (bicyclic) bond motifs is 10. The zero-order chi connectivity index (χ0) is 112. The third-order valence-corrected chi connectivity index (χ3v) is 61.0. The fraction of sp³-hybridized carbons (Fsp3) is 1.00. The first-order chi connectivity index (χ1) is 66.1. The van der Waals surface area contributed by atoms with Gasteiger partial charge in [-0.15, -0.1) is 0 Å². The molecule has 0 spiro atoms. The first-order valence-electron chi connectivity index (χ1n) is 66.1. The average molecular weight is 2010 g/mol. The zero-order valence-corrected chi connectivity index (χ0v) is 112. The van der Waals surface area contributed by atoms with Crippen molar-refractivity contribution in [2.75, 3.05) is 0 Å². The first-order valence-corrected chi connectivity index (χ1v) is 66.1. The molecule has 0 aromatic heterocycles. The zero-order valence-electron chi connectivity index (χ0n) is 112. The summed E-state index contributed by atoms with van der Waals surface area (Å²) in [6, 6.07) is 0. The van der Waals surface area contributed by atoms with Crippen molar-refractivity contribution in [1.29, 1.82) is 0 Å². The molecule has 0 amide bonds. The van der Waals surface area contributed by atoms with Crippen molar-refractivity contribution < 1.29 is 0 Å². The van der Waals surface area contributed by atoms with Gasteiger partial charge in [-0.2, -0.15) is 0 Å². The van der Waals surface area contributed by atoms with Gasteiger partial charge in [0.25, 0.3) is 0 Å². The molecule has 0 aromatic rings. The van der Waals surface area contributed by atoms with Crippen LogP contribution in [0.2, 0.25) is 0 Å². The van der Waals surface area contributed by atoms with Crippen LogP contribution >= 0.6 is 0 Å². The lowest BCUT2D eigenvalue weighted by Gasteiger charge is -2.82. The number of rotatable bonds is 0. The standard InChI is InChI=1S/C144H280/c1-71-69-139-140(144-142-138-68-67-137(138)141(142)143(139)144)70-72(2)74(4)76(6)78(8)80(10)82(12)84(14)86(16)88(18)90(20)92(22)94(24)96(26)98(28)100(30)102(32)104(34)106(36)108(38)110(40)112(42)114(44)116(46)118(48)120(50)122(52)124(54)126(56)128(58)130(60)132(62)134(64)136(66)135(65)133(63)131(61)129(59)127(57)125(55)123(53)121(51)119(49)117(47)115(45)113(43)111(41)109(39)107(37)105(35)103(33)101(31)99(29)97(27)95(25)93(23)91(21)89(19)87(17)85(15)83(13)81(11)79(9)77(7)75(5)73(71)3/h71-144H,67-70H2,1-66H3. The van der Waals surface area contributed by atoms with Gasteiger partial charge in [0.05, 0.1) is 0 Å². The summed E-state index contributed by atoms with van der Waals surface area (Å²) in [7, 11) is 0. The van der Waals surface area contributed by atoms with Crippen molar-refractivity contribution in [2.24, 2.45) is 438 Å². The van der Waals surface area contributed by atoms with Crippen LogP contribution in [0, 0.1) is 438 Å². The van der Waals surface area contributed by atoms with Crippen molar-refractivity contribution in [3.8, 4) is 0 Å². The fourth-order valence-corrected chi connectivity index (χ4v) is 37.6. The number of hydrogen-bond donors (Lipinski definition) is 0. The van der Waals surface area contributed by atoms with E-state index in [-0.39, 0.29) is 0 Å². The van der Waals surface area contributed by atoms with Gasteiger partial charge < -0.3 is 0 Å². The third kappa shape index (κ3) is 28.8. The van der Waals surface area contributed by atoms with Gasteiger partial charge >= 0.3 is 0 Å². The second-order valence-corrected chi connectivity index (χ2v) is 63.0. The van der Waals surface area contributed by atoms with Crippen LogP contribution < -0.4 is 0 Å². The lowest BCUT2D eigenvalue weighted by Crippen LogP contribution is -2.77. The summed E-state index contributed by atoms with van der Waals surface area (Å²) in [4.78, 5) is 0. The normalized spacial score (nSPS) is 57.5. The van der Waals surface area contributed by atoms with Gasteiger partial charge in [-0.25, -0.2) is 0 Å². The maximum absolute atomic E-state index is 2.75. The highest BCUT2D eigenvalue weighted by atomic mass is 14.8. The predicted octanol–water partition coefficient (Wildman–Crippen LogP) is 44.5. The Balaban J connectivity index is 1.38. The molecule has 144 heavy (non-hydrogen) atoms. The van der Waals surface area contributed by atoms with E-state index in [2.05, 4.69) is 457 Å². The second-order valence-electron chi connectivity index (χ2n) is 63.0. The van der Waals surface area contributed by atoms with E-state index < -0.39 is 0 Å². The Bertz CT molecular complexity index is 3120. The van der Waals surface area contributed by atoms with Gasteiger partial charge in [-0.3, -0.25) is 0 Å². The van der Waals surface area contributed by atoms with E-state index in [1.165, 1.54) is 12.8 Å². The van der Waals surface area contributed by atoms with Crippen LogP contribution in [-0.4, -0.2) is 0 Å². The van der Waals surface area contributed by atoms with Crippen molar-refractivity contribution in [3.05, 3.63) is 0 Å². The Morgan fingerprint density at radius 1 is 0.0694 bits per heavy atom. The highest BCUT2D eigenvalue weighted by molar-refractivity contribution is 5.24. The highest BCUT2D eigenvalue weighted by Gasteiger charge is 2.76. The minimum atomic E-state index is 0.678. The fourth-order valence-electron chi connectivity index (χ4n) is 37.6. The largest absolute Gasteiger partial charge is 0.0622 e. The van der Waals surface area contributed by atoms with Crippen LogP contribution in [0.3, 0.4) is 0 Å². The van der Waals surface area contributed by atoms with Crippen LogP contribution in [0.5, 0.6) is 0 Å². The van der Waals surface area contributed by atoms with Gasteiger partial charge in [0.15, 0.2) is 0 Å². The molecule has 0 radical (unpaired) electrons. The van der Waals surface area contributed by atoms with Gasteiger partial charge in [-0.1, -0.05) is 457 Å². The SMILES string of the molecule is CC1CC2C(CC(C)C(C)C(C)C(C)C(C)C(C)C(C)C(C)C(C)C(C)C(C)C(C)C(C)C(C)C(C)C(C)C(C)C(C)C(C)C(C)C(C)C(C)C(C)C(C)C(C)C(C)C(C)C(C)C(C)C(C)C(C)C(C)C(C)C(C)C(C)C(C)C(C)C(C)C(C)C(C)C(C)C(C)C(C)C(C)C(C)C(C)C(C)C(C)C(C)C(C)C(C)C(C)C(C)C(C)C(C)C(C)C(C)C(C)C(C)C(C)C(C)C(C)C(C)C(C)C1C)C1C3C4CCC4C3C21. The third-order valence-electron chi connectivity index (χ3n) is 61.0. The van der Waals surface area contributed by atoms with Crippen molar-refractivity contribution >= 4 is 0 Å². The maximum Gasteiger partial charge on any atom is -0.0315 e. The van der Waals surface area contributed by atoms with Gasteiger partial charge in [-0.05, 0) is 464 Å². The summed E-state index contributed by atoms with van der Waals surface area (Å²) in [5.41, 5.74) is 0. The molecule has 0 aliphatic heterocycles. The summed E-state index contributed by atoms with van der Waals surface area (Å²) in [6.07, 6.45) is 6.10. The molecule has 74 unspecified atom stereocenters. The molecule has 0 bridgehead atoms. The molecular weight excluding hydrogens is 1730 g/mol. The van der Waals surface area contributed by atoms with E-state index in [0.717, 1.165) is 82.9 Å².